The van der Waals surface area contributed by atoms with Crippen molar-refractivity contribution in [1.29, 1.82) is 0 Å². The minimum Gasteiger partial charge on any atom is -0.481 e. The van der Waals surface area contributed by atoms with Gasteiger partial charge in [-0.15, -0.1) is 12.4 Å². The average molecular weight is 257 g/mol. The SMILES string of the molecule is COc1ccc([C@H](N)c2ccsc2)cn1.Cl. The molecule has 3 nitrogen and oxygen atoms in total. The lowest BCUT2D eigenvalue weighted by molar-refractivity contribution is 0.397. The first-order valence-electron chi connectivity index (χ1n) is 4.59. The number of thiophene rings is 1. The molecule has 0 aromatic carbocycles. The molecule has 16 heavy (non-hydrogen) atoms. The Morgan fingerprint density at radius 3 is 2.62 bits per heavy atom. The Balaban J connectivity index is 0.00000128. The highest BCUT2D eigenvalue weighted by Gasteiger charge is 2.09. The Morgan fingerprint density at radius 1 is 1.31 bits per heavy atom. The third-order valence-electron chi connectivity index (χ3n) is 2.23. The average Bonchev–Trinajstić information content (AvgIpc) is 2.82. The molecule has 86 valence electrons. The molecule has 0 radical (unpaired) electrons. The molecule has 5 heteroatoms. The highest BCUT2D eigenvalue weighted by molar-refractivity contribution is 7.08. The summed E-state index contributed by atoms with van der Waals surface area (Å²) in [5.74, 6) is 0.608. The van der Waals surface area contributed by atoms with Crippen molar-refractivity contribution in [2.75, 3.05) is 7.11 Å². The van der Waals surface area contributed by atoms with Crippen molar-refractivity contribution >= 4 is 23.7 Å². The molecule has 0 saturated heterocycles. The van der Waals surface area contributed by atoms with Gasteiger partial charge in [-0.25, -0.2) is 4.98 Å². The molecular weight excluding hydrogens is 244 g/mol. The van der Waals surface area contributed by atoms with Crippen LogP contribution in [0.5, 0.6) is 5.88 Å². The van der Waals surface area contributed by atoms with Crippen LogP contribution in [0.4, 0.5) is 0 Å². The Labute approximate surface area is 105 Å². The van der Waals surface area contributed by atoms with Crippen LogP contribution in [0.15, 0.2) is 35.2 Å². The largest absolute Gasteiger partial charge is 0.481 e. The number of hydrogen-bond acceptors (Lipinski definition) is 4. The van der Waals surface area contributed by atoms with Gasteiger partial charge in [-0.2, -0.15) is 11.3 Å². The fourth-order valence-corrected chi connectivity index (χ4v) is 2.04. The summed E-state index contributed by atoms with van der Waals surface area (Å²) in [6.45, 7) is 0. The molecule has 2 heterocycles. The Bertz CT molecular complexity index is 416. The predicted molar refractivity (Wildman–Crippen MR) is 68.4 cm³/mol. The lowest BCUT2D eigenvalue weighted by Gasteiger charge is -2.10. The van der Waals surface area contributed by atoms with Gasteiger partial charge < -0.3 is 10.5 Å². The molecule has 0 unspecified atom stereocenters. The molecule has 2 aromatic heterocycles. The maximum Gasteiger partial charge on any atom is 0.212 e. The second kappa shape index (κ2) is 5.84. The fraction of sp³-hybridized carbons (Fsp3) is 0.182. The van der Waals surface area contributed by atoms with E-state index in [-0.39, 0.29) is 18.4 Å². The number of methoxy groups -OCH3 is 1. The van der Waals surface area contributed by atoms with E-state index in [1.165, 1.54) is 0 Å². The van der Waals surface area contributed by atoms with E-state index in [4.69, 9.17) is 10.5 Å². The summed E-state index contributed by atoms with van der Waals surface area (Å²) in [5.41, 5.74) is 8.19. The summed E-state index contributed by atoms with van der Waals surface area (Å²) >= 11 is 1.65. The van der Waals surface area contributed by atoms with Crippen molar-refractivity contribution in [3.05, 3.63) is 46.3 Å². The van der Waals surface area contributed by atoms with E-state index in [2.05, 4.69) is 10.4 Å². The molecule has 2 N–H and O–H groups in total. The zero-order valence-corrected chi connectivity index (χ0v) is 10.4. The molecule has 2 aromatic rings. The van der Waals surface area contributed by atoms with E-state index >= 15 is 0 Å². The van der Waals surface area contributed by atoms with Crippen molar-refractivity contribution in [1.82, 2.24) is 4.98 Å². The lowest BCUT2D eigenvalue weighted by Crippen LogP contribution is -2.11. The number of nitrogens with zero attached hydrogens (tertiary/aromatic N) is 1. The van der Waals surface area contributed by atoms with Gasteiger partial charge in [0.1, 0.15) is 0 Å². The normalized spacial score (nSPS) is 11.6. The van der Waals surface area contributed by atoms with Crippen molar-refractivity contribution < 1.29 is 4.74 Å². The second-order valence-corrected chi connectivity index (χ2v) is 3.95. The first-order chi connectivity index (χ1) is 7.31. The predicted octanol–water partition coefficient (Wildman–Crippen LogP) is 2.62. The van der Waals surface area contributed by atoms with Gasteiger partial charge in [0.25, 0.3) is 0 Å². The van der Waals surface area contributed by atoms with E-state index in [0.717, 1.165) is 11.1 Å². The number of nitrogens with two attached hydrogens (primary N) is 1. The third kappa shape index (κ3) is 2.72. The Morgan fingerprint density at radius 2 is 2.12 bits per heavy atom. The molecule has 0 aliphatic carbocycles. The smallest absolute Gasteiger partial charge is 0.212 e. The van der Waals surface area contributed by atoms with Crippen LogP contribution in [0.1, 0.15) is 17.2 Å². The van der Waals surface area contributed by atoms with E-state index < -0.39 is 0 Å². The van der Waals surface area contributed by atoms with Crippen LogP contribution in [0.25, 0.3) is 0 Å². The van der Waals surface area contributed by atoms with Gasteiger partial charge >= 0.3 is 0 Å². The number of rotatable bonds is 3. The fourth-order valence-electron chi connectivity index (χ4n) is 1.34. The van der Waals surface area contributed by atoms with Crippen LogP contribution in [0.2, 0.25) is 0 Å². The second-order valence-electron chi connectivity index (χ2n) is 3.17. The minimum atomic E-state index is -0.102. The molecular formula is C11H13ClN2OS. The zero-order chi connectivity index (χ0) is 10.7. The summed E-state index contributed by atoms with van der Waals surface area (Å²) in [4.78, 5) is 4.13. The standard InChI is InChI=1S/C11H12N2OS.ClH/c1-14-10-3-2-8(6-13-10)11(12)9-4-5-15-7-9;/h2-7,11H,12H2,1H3;1H/t11-;/m0./s1. The monoisotopic (exact) mass is 256 g/mol. The summed E-state index contributed by atoms with van der Waals surface area (Å²) in [6, 6.07) is 5.68. The summed E-state index contributed by atoms with van der Waals surface area (Å²) in [7, 11) is 1.60. The van der Waals surface area contributed by atoms with Gasteiger partial charge in [-0.05, 0) is 28.0 Å². The number of halogens is 1. The van der Waals surface area contributed by atoms with Gasteiger partial charge in [-0.1, -0.05) is 6.07 Å². The molecule has 0 spiro atoms. The number of ether oxygens (including phenoxy) is 1. The third-order valence-corrected chi connectivity index (χ3v) is 2.93. The zero-order valence-electron chi connectivity index (χ0n) is 8.79. The maximum atomic E-state index is 6.08. The van der Waals surface area contributed by atoms with Gasteiger partial charge in [0.05, 0.1) is 13.2 Å². The van der Waals surface area contributed by atoms with Gasteiger partial charge in [0.15, 0.2) is 0 Å². The molecule has 0 fully saturated rings. The van der Waals surface area contributed by atoms with E-state index in [1.807, 2.05) is 23.6 Å². The van der Waals surface area contributed by atoms with E-state index in [1.54, 1.807) is 24.6 Å². The molecule has 0 saturated carbocycles. The lowest BCUT2D eigenvalue weighted by atomic mass is 10.0. The number of hydrogen-bond donors (Lipinski definition) is 1. The summed E-state index contributed by atoms with van der Waals surface area (Å²) in [5, 5.41) is 4.07. The van der Waals surface area contributed by atoms with Crippen molar-refractivity contribution in [3.8, 4) is 5.88 Å². The highest BCUT2D eigenvalue weighted by Crippen LogP contribution is 2.21. The van der Waals surface area contributed by atoms with E-state index in [9.17, 15) is 0 Å². The number of pyridine rings is 1. The topological polar surface area (TPSA) is 48.1 Å². The van der Waals surface area contributed by atoms with Crippen LogP contribution >= 0.6 is 23.7 Å². The van der Waals surface area contributed by atoms with Crippen LogP contribution in [0.3, 0.4) is 0 Å². The number of aromatic nitrogens is 1. The molecule has 2 rings (SSSR count). The van der Waals surface area contributed by atoms with Crippen molar-refractivity contribution in [2.24, 2.45) is 5.73 Å². The van der Waals surface area contributed by atoms with Crippen molar-refractivity contribution in [2.45, 2.75) is 6.04 Å². The van der Waals surface area contributed by atoms with Crippen LogP contribution in [0, 0.1) is 0 Å². The Hall–Kier alpha value is -1.10. The minimum absolute atomic E-state index is 0. The molecule has 0 aliphatic rings. The summed E-state index contributed by atoms with van der Waals surface area (Å²) in [6.07, 6.45) is 1.75. The Kier molecular flexibility index (Phi) is 4.73. The quantitative estimate of drug-likeness (QED) is 0.918. The molecule has 0 amide bonds. The van der Waals surface area contributed by atoms with Gasteiger partial charge in [-0.3, -0.25) is 0 Å². The van der Waals surface area contributed by atoms with Crippen LogP contribution in [-0.2, 0) is 0 Å². The van der Waals surface area contributed by atoms with Crippen molar-refractivity contribution in [3.63, 3.8) is 0 Å². The first-order valence-corrected chi connectivity index (χ1v) is 5.53. The molecule has 0 aliphatic heterocycles. The maximum absolute atomic E-state index is 6.08. The molecule has 0 bridgehead atoms. The van der Waals surface area contributed by atoms with Crippen LogP contribution in [-0.4, -0.2) is 12.1 Å². The highest BCUT2D eigenvalue weighted by atomic mass is 35.5. The van der Waals surface area contributed by atoms with Crippen LogP contribution < -0.4 is 10.5 Å². The van der Waals surface area contributed by atoms with E-state index in [0.29, 0.717) is 5.88 Å². The first kappa shape index (κ1) is 13.0. The van der Waals surface area contributed by atoms with Gasteiger partial charge in [0.2, 0.25) is 5.88 Å². The summed E-state index contributed by atoms with van der Waals surface area (Å²) < 4.78 is 4.99. The van der Waals surface area contributed by atoms with Gasteiger partial charge in [0, 0.05) is 12.3 Å². The molecule has 1 atom stereocenters.